The number of carbonyl (C=O) groups is 1. The first-order chi connectivity index (χ1) is 9.41. The van der Waals surface area contributed by atoms with E-state index in [1.165, 1.54) is 0 Å². The van der Waals surface area contributed by atoms with Crippen molar-refractivity contribution in [2.24, 2.45) is 0 Å². The van der Waals surface area contributed by atoms with Crippen LogP contribution in [0, 0.1) is 0 Å². The molecule has 1 aliphatic heterocycles. The summed E-state index contributed by atoms with van der Waals surface area (Å²) in [4.78, 5) is 13.4. The molecule has 20 heavy (non-hydrogen) atoms. The number of alkyl halides is 1. The standard InChI is InChI=1S/C11H16ClN3O4S/c1-20(17,18)11-14-13-10(19-11)8-3-6-15(7-4-8)9(16)2-5-12/h8H,2-7H2,1H3. The minimum absolute atomic E-state index is 0.00180. The lowest BCUT2D eigenvalue weighted by Crippen LogP contribution is -2.38. The van der Waals surface area contributed by atoms with Gasteiger partial charge in [0.15, 0.2) is 0 Å². The fraction of sp³-hybridized carbons (Fsp3) is 0.727. The van der Waals surface area contributed by atoms with E-state index >= 15 is 0 Å². The van der Waals surface area contributed by atoms with Crippen molar-refractivity contribution in [3.63, 3.8) is 0 Å². The normalized spacial score (nSPS) is 17.4. The van der Waals surface area contributed by atoms with Crippen molar-refractivity contribution in [2.75, 3.05) is 25.2 Å². The largest absolute Gasteiger partial charge is 0.412 e. The topological polar surface area (TPSA) is 93.4 Å². The summed E-state index contributed by atoms with van der Waals surface area (Å²) in [7, 11) is -3.47. The zero-order valence-corrected chi connectivity index (χ0v) is 12.7. The van der Waals surface area contributed by atoms with Gasteiger partial charge in [0, 0.05) is 37.6 Å². The second kappa shape index (κ2) is 6.09. The highest BCUT2D eigenvalue weighted by molar-refractivity contribution is 7.90. The van der Waals surface area contributed by atoms with Crippen LogP contribution in [0.5, 0.6) is 0 Å². The second-order valence-corrected chi connectivity index (χ2v) is 7.04. The van der Waals surface area contributed by atoms with Gasteiger partial charge in [0.25, 0.3) is 0 Å². The first kappa shape index (κ1) is 15.2. The van der Waals surface area contributed by atoms with E-state index in [1.54, 1.807) is 4.90 Å². The molecule has 0 saturated carbocycles. The summed E-state index contributed by atoms with van der Waals surface area (Å²) in [5.41, 5.74) is 0. The van der Waals surface area contributed by atoms with Gasteiger partial charge in [-0.05, 0) is 12.8 Å². The molecule has 9 heteroatoms. The number of piperidine rings is 1. The van der Waals surface area contributed by atoms with Crippen LogP contribution in [0.3, 0.4) is 0 Å². The van der Waals surface area contributed by atoms with Crippen LogP contribution in [0.25, 0.3) is 0 Å². The monoisotopic (exact) mass is 321 g/mol. The maximum absolute atomic E-state index is 11.7. The fourth-order valence-electron chi connectivity index (χ4n) is 2.15. The third kappa shape index (κ3) is 3.49. The number of hydrogen-bond acceptors (Lipinski definition) is 6. The number of nitrogens with zero attached hydrogens (tertiary/aromatic N) is 3. The lowest BCUT2D eigenvalue weighted by molar-refractivity contribution is -0.131. The summed E-state index contributed by atoms with van der Waals surface area (Å²) < 4.78 is 27.8. The molecular formula is C11H16ClN3O4S. The van der Waals surface area contributed by atoms with Gasteiger partial charge in [-0.2, -0.15) is 0 Å². The van der Waals surface area contributed by atoms with Gasteiger partial charge in [-0.1, -0.05) is 5.10 Å². The number of hydrogen-bond donors (Lipinski definition) is 0. The summed E-state index contributed by atoms with van der Waals surface area (Å²) in [6.45, 7) is 1.19. The number of rotatable bonds is 4. The summed E-state index contributed by atoms with van der Waals surface area (Å²) in [6, 6.07) is 0. The maximum atomic E-state index is 11.7. The Morgan fingerprint density at radius 1 is 1.40 bits per heavy atom. The lowest BCUT2D eigenvalue weighted by atomic mass is 9.96. The molecule has 1 fully saturated rings. The molecule has 0 aliphatic carbocycles. The van der Waals surface area contributed by atoms with Gasteiger partial charge in [-0.3, -0.25) is 4.79 Å². The molecule has 0 N–H and O–H groups in total. The molecule has 2 heterocycles. The number of carbonyl (C=O) groups excluding carboxylic acids is 1. The van der Waals surface area contributed by atoms with Crippen molar-refractivity contribution in [2.45, 2.75) is 30.4 Å². The highest BCUT2D eigenvalue weighted by Gasteiger charge is 2.28. The van der Waals surface area contributed by atoms with Crippen LogP contribution in [0.4, 0.5) is 0 Å². The highest BCUT2D eigenvalue weighted by Crippen LogP contribution is 2.28. The molecule has 0 atom stereocenters. The van der Waals surface area contributed by atoms with Crippen LogP contribution in [-0.4, -0.2) is 54.6 Å². The maximum Gasteiger partial charge on any atom is 0.335 e. The van der Waals surface area contributed by atoms with E-state index in [9.17, 15) is 13.2 Å². The number of likely N-dealkylation sites (tertiary alicyclic amines) is 1. The summed E-state index contributed by atoms with van der Waals surface area (Å²) >= 11 is 5.55. The minimum Gasteiger partial charge on any atom is -0.412 e. The molecule has 1 amide bonds. The molecule has 1 aromatic rings. The zero-order chi connectivity index (χ0) is 14.8. The van der Waals surface area contributed by atoms with E-state index in [1.807, 2.05) is 0 Å². The summed E-state index contributed by atoms with van der Waals surface area (Å²) in [5, 5.41) is 6.98. The van der Waals surface area contributed by atoms with E-state index in [-0.39, 0.29) is 17.0 Å². The second-order valence-electron chi connectivity index (χ2n) is 4.77. The molecule has 0 radical (unpaired) electrons. The predicted molar refractivity (Wildman–Crippen MR) is 71.3 cm³/mol. The third-order valence-electron chi connectivity index (χ3n) is 3.24. The molecule has 7 nitrogen and oxygen atoms in total. The molecular weight excluding hydrogens is 306 g/mol. The van der Waals surface area contributed by atoms with E-state index in [2.05, 4.69) is 10.2 Å². The van der Waals surface area contributed by atoms with Gasteiger partial charge < -0.3 is 9.32 Å². The van der Waals surface area contributed by atoms with Crippen LogP contribution in [0.1, 0.15) is 31.1 Å². The Hall–Kier alpha value is -1.15. The average molecular weight is 322 g/mol. The van der Waals surface area contributed by atoms with Crippen molar-refractivity contribution in [1.29, 1.82) is 0 Å². The van der Waals surface area contributed by atoms with E-state index in [4.69, 9.17) is 16.0 Å². The van der Waals surface area contributed by atoms with Crippen LogP contribution >= 0.6 is 11.6 Å². The third-order valence-corrected chi connectivity index (χ3v) is 4.23. The average Bonchev–Trinajstić information content (AvgIpc) is 2.89. The lowest BCUT2D eigenvalue weighted by Gasteiger charge is -2.30. The SMILES string of the molecule is CS(=O)(=O)c1nnc(C2CCN(C(=O)CCCl)CC2)o1. The van der Waals surface area contributed by atoms with Gasteiger partial charge in [0.2, 0.25) is 21.6 Å². The number of amides is 1. The quantitative estimate of drug-likeness (QED) is 0.762. The van der Waals surface area contributed by atoms with E-state index in [0.717, 1.165) is 6.26 Å². The van der Waals surface area contributed by atoms with Crippen molar-refractivity contribution < 1.29 is 17.6 Å². The number of sulfone groups is 1. The summed E-state index contributed by atoms with van der Waals surface area (Å²) in [6.07, 6.45) is 2.72. The van der Waals surface area contributed by atoms with Crippen molar-refractivity contribution >= 4 is 27.3 Å². The smallest absolute Gasteiger partial charge is 0.335 e. The Kier molecular flexibility index (Phi) is 4.64. The van der Waals surface area contributed by atoms with Gasteiger partial charge in [0.1, 0.15) is 0 Å². The first-order valence-electron chi connectivity index (χ1n) is 6.29. The molecule has 0 aromatic carbocycles. The van der Waals surface area contributed by atoms with Crippen LogP contribution in [0.2, 0.25) is 0 Å². The Labute approximate surface area is 122 Å². The Bertz CT molecular complexity index is 578. The Morgan fingerprint density at radius 2 is 2.05 bits per heavy atom. The van der Waals surface area contributed by atoms with Crippen LogP contribution in [-0.2, 0) is 14.6 Å². The molecule has 1 aliphatic rings. The van der Waals surface area contributed by atoms with E-state index in [0.29, 0.717) is 44.1 Å². The minimum atomic E-state index is -3.47. The van der Waals surface area contributed by atoms with Gasteiger partial charge in [-0.15, -0.1) is 16.7 Å². The Balaban J connectivity index is 1.97. The molecule has 1 saturated heterocycles. The van der Waals surface area contributed by atoms with Gasteiger partial charge in [-0.25, -0.2) is 8.42 Å². The summed E-state index contributed by atoms with van der Waals surface area (Å²) in [5.74, 6) is 0.689. The number of aromatic nitrogens is 2. The molecule has 2 rings (SSSR count). The number of halogens is 1. The van der Waals surface area contributed by atoms with Crippen molar-refractivity contribution in [3.8, 4) is 0 Å². The van der Waals surface area contributed by atoms with Crippen molar-refractivity contribution in [3.05, 3.63) is 5.89 Å². The fourth-order valence-corrected chi connectivity index (χ4v) is 2.74. The Morgan fingerprint density at radius 3 is 2.55 bits per heavy atom. The van der Waals surface area contributed by atoms with Crippen LogP contribution in [0.15, 0.2) is 9.64 Å². The van der Waals surface area contributed by atoms with Gasteiger partial charge >= 0.3 is 5.22 Å². The van der Waals surface area contributed by atoms with Gasteiger partial charge in [0.05, 0.1) is 0 Å². The molecule has 0 unspecified atom stereocenters. The molecule has 1 aromatic heterocycles. The molecule has 0 bridgehead atoms. The zero-order valence-electron chi connectivity index (χ0n) is 11.1. The van der Waals surface area contributed by atoms with Crippen LogP contribution < -0.4 is 0 Å². The highest BCUT2D eigenvalue weighted by atomic mass is 35.5. The molecule has 112 valence electrons. The first-order valence-corrected chi connectivity index (χ1v) is 8.71. The van der Waals surface area contributed by atoms with Crippen molar-refractivity contribution in [1.82, 2.24) is 15.1 Å². The molecule has 0 spiro atoms. The predicted octanol–water partition coefficient (Wildman–Crippen LogP) is 0.808. The van der Waals surface area contributed by atoms with E-state index < -0.39 is 9.84 Å².